The molecular weight excluding hydrogens is 192 g/mol. The second-order valence-corrected chi connectivity index (χ2v) is 3.42. The predicted molar refractivity (Wildman–Crippen MR) is 55.3 cm³/mol. The molecule has 0 amide bonds. The van der Waals surface area contributed by atoms with Gasteiger partial charge in [-0.1, -0.05) is 13.3 Å². The minimum atomic E-state index is -0.381. The second kappa shape index (κ2) is 5.20. The molecule has 0 aromatic carbocycles. The van der Waals surface area contributed by atoms with E-state index >= 15 is 0 Å². The standard InChI is InChI=1S/C11H14N2O2/c1-3-4-8(2)15-11(14)9-5-10(6-12)13-7-9/h5,7-8,13H,3-4H2,1-2H3/t8-/m0/s1. The molecule has 1 rings (SSSR count). The largest absolute Gasteiger partial charge is 0.459 e. The van der Waals surface area contributed by atoms with E-state index in [1.165, 1.54) is 12.3 Å². The van der Waals surface area contributed by atoms with Gasteiger partial charge in [0.2, 0.25) is 0 Å². The summed E-state index contributed by atoms with van der Waals surface area (Å²) in [5, 5.41) is 8.57. The smallest absolute Gasteiger partial charge is 0.339 e. The van der Waals surface area contributed by atoms with E-state index in [1.807, 2.05) is 19.9 Å². The quantitative estimate of drug-likeness (QED) is 0.768. The van der Waals surface area contributed by atoms with Crippen molar-refractivity contribution in [3.63, 3.8) is 0 Å². The zero-order chi connectivity index (χ0) is 11.3. The Morgan fingerprint density at radius 3 is 3.00 bits per heavy atom. The van der Waals surface area contributed by atoms with Crippen molar-refractivity contribution in [3.05, 3.63) is 23.5 Å². The number of H-pyrrole nitrogens is 1. The summed E-state index contributed by atoms with van der Waals surface area (Å²) in [5.74, 6) is -0.381. The van der Waals surface area contributed by atoms with Crippen LogP contribution in [0.3, 0.4) is 0 Å². The molecule has 0 radical (unpaired) electrons. The number of rotatable bonds is 4. The molecule has 1 aromatic rings. The summed E-state index contributed by atoms with van der Waals surface area (Å²) < 4.78 is 5.17. The van der Waals surface area contributed by atoms with Gasteiger partial charge in [-0.3, -0.25) is 0 Å². The Bertz CT molecular complexity index is 376. The number of hydrogen-bond donors (Lipinski definition) is 1. The maximum Gasteiger partial charge on any atom is 0.339 e. The third kappa shape index (κ3) is 3.13. The molecule has 1 atom stereocenters. The van der Waals surface area contributed by atoms with Gasteiger partial charge in [-0.15, -0.1) is 0 Å². The monoisotopic (exact) mass is 206 g/mol. The summed E-state index contributed by atoms with van der Waals surface area (Å²) in [5.41, 5.74) is 0.764. The topological polar surface area (TPSA) is 65.9 Å². The van der Waals surface area contributed by atoms with Gasteiger partial charge in [0, 0.05) is 6.20 Å². The number of nitriles is 1. The van der Waals surface area contributed by atoms with Crippen molar-refractivity contribution < 1.29 is 9.53 Å². The highest BCUT2D eigenvalue weighted by atomic mass is 16.5. The van der Waals surface area contributed by atoms with Crippen molar-refractivity contribution in [2.75, 3.05) is 0 Å². The summed E-state index contributed by atoms with van der Waals surface area (Å²) in [7, 11) is 0. The Labute approximate surface area is 88.9 Å². The predicted octanol–water partition coefficient (Wildman–Crippen LogP) is 2.23. The van der Waals surface area contributed by atoms with Gasteiger partial charge in [-0.2, -0.15) is 5.26 Å². The fourth-order valence-corrected chi connectivity index (χ4v) is 1.29. The Kier molecular flexibility index (Phi) is 3.92. The molecule has 0 aliphatic rings. The minimum Gasteiger partial charge on any atom is -0.459 e. The van der Waals surface area contributed by atoms with Crippen LogP contribution in [-0.2, 0) is 4.74 Å². The zero-order valence-corrected chi connectivity index (χ0v) is 8.91. The molecule has 4 heteroatoms. The van der Waals surface area contributed by atoms with Crippen LogP contribution in [0.15, 0.2) is 12.3 Å². The maximum atomic E-state index is 11.5. The molecule has 4 nitrogen and oxygen atoms in total. The molecule has 0 spiro atoms. The van der Waals surface area contributed by atoms with Crippen LogP contribution in [-0.4, -0.2) is 17.1 Å². The van der Waals surface area contributed by atoms with E-state index in [2.05, 4.69) is 4.98 Å². The Hall–Kier alpha value is -1.76. The van der Waals surface area contributed by atoms with E-state index in [-0.39, 0.29) is 12.1 Å². The Morgan fingerprint density at radius 2 is 2.47 bits per heavy atom. The average Bonchev–Trinajstić information content (AvgIpc) is 2.66. The van der Waals surface area contributed by atoms with Crippen LogP contribution in [0.5, 0.6) is 0 Å². The van der Waals surface area contributed by atoms with Gasteiger partial charge in [0.05, 0.1) is 11.7 Å². The van der Waals surface area contributed by atoms with Crippen molar-refractivity contribution >= 4 is 5.97 Å². The van der Waals surface area contributed by atoms with Gasteiger partial charge in [-0.05, 0) is 19.4 Å². The number of hydrogen-bond acceptors (Lipinski definition) is 3. The number of aromatic amines is 1. The molecule has 0 bridgehead atoms. The lowest BCUT2D eigenvalue weighted by Crippen LogP contribution is -2.14. The highest BCUT2D eigenvalue weighted by molar-refractivity contribution is 5.89. The van der Waals surface area contributed by atoms with Gasteiger partial charge in [0.15, 0.2) is 0 Å². The molecule has 80 valence electrons. The SMILES string of the molecule is CCC[C@H](C)OC(=O)c1c[nH]c(C#N)c1. The van der Waals surface area contributed by atoms with Crippen LogP contribution >= 0.6 is 0 Å². The first-order valence-electron chi connectivity index (χ1n) is 4.96. The molecule has 0 saturated carbocycles. The molecule has 0 aliphatic heterocycles. The van der Waals surface area contributed by atoms with Crippen molar-refractivity contribution in [1.82, 2.24) is 4.98 Å². The lowest BCUT2D eigenvalue weighted by Gasteiger charge is -2.10. The summed E-state index contributed by atoms with van der Waals surface area (Å²) in [6, 6.07) is 3.40. The summed E-state index contributed by atoms with van der Waals surface area (Å²) >= 11 is 0. The lowest BCUT2D eigenvalue weighted by molar-refractivity contribution is 0.0323. The number of carbonyl (C=O) groups is 1. The highest BCUT2D eigenvalue weighted by Gasteiger charge is 2.12. The maximum absolute atomic E-state index is 11.5. The number of nitrogens with zero attached hydrogens (tertiary/aromatic N) is 1. The molecule has 0 aliphatic carbocycles. The molecule has 0 fully saturated rings. The van der Waals surface area contributed by atoms with Gasteiger partial charge < -0.3 is 9.72 Å². The molecule has 1 heterocycles. The first kappa shape index (κ1) is 11.3. The van der Waals surface area contributed by atoms with Crippen molar-refractivity contribution in [2.45, 2.75) is 32.8 Å². The van der Waals surface area contributed by atoms with E-state index in [9.17, 15) is 4.79 Å². The average molecular weight is 206 g/mol. The van der Waals surface area contributed by atoms with Gasteiger partial charge >= 0.3 is 5.97 Å². The number of carbonyl (C=O) groups excluding carboxylic acids is 1. The van der Waals surface area contributed by atoms with Crippen molar-refractivity contribution in [2.24, 2.45) is 0 Å². The first-order valence-corrected chi connectivity index (χ1v) is 4.96. The van der Waals surface area contributed by atoms with Gasteiger partial charge in [0.25, 0.3) is 0 Å². The molecule has 0 saturated heterocycles. The summed E-state index contributed by atoms with van der Waals surface area (Å²) in [6.07, 6.45) is 3.23. The Morgan fingerprint density at radius 1 is 1.73 bits per heavy atom. The number of ether oxygens (including phenoxy) is 1. The van der Waals surface area contributed by atoms with Crippen molar-refractivity contribution in [3.8, 4) is 6.07 Å². The molecule has 15 heavy (non-hydrogen) atoms. The minimum absolute atomic E-state index is 0.0806. The van der Waals surface area contributed by atoms with Crippen LogP contribution < -0.4 is 0 Å². The summed E-state index contributed by atoms with van der Waals surface area (Å²) in [4.78, 5) is 14.2. The number of nitrogens with one attached hydrogen (secondary N) is 1. The van der Waals surface area contributed by atoms with Crippen LogP contribution in [0.4, 0.5) is 0 Å². The van der Waals surface area contributed by atoms with E-state index in [4.69, 9.17) is 10.00 Å². The third-order valence-electron chi connectivity index (χ3n) is 2.04. The molecular formula is C11H14N2O2. The van der Waals surface area contributed by atoms with Crippen LogP contribution in [0.1, 0.15) is 42.7 Å². The zero-order valence-electron chi connectivity index (χ0n) is 8.91. The Balaban J connectivity index is 2.58. The van der Waals surface area contributed by atoms with Crippen LogP contribution in [0.25, 0.3) is 0 Å². The van der Waals surface area contributed by atoms with Crippen LogP contribution in [0.2, 0.25) is 0 Å². The molecule has 1 N–H and O–H groups in total. The lowest BCUT2D eigenvalue weighted by atomic mass is 10.2. The normalized spacial score (nSPS) is 11.8. The molecule has 1 aromatic heterocycles. The number of aromatic nitrogens is 1. The van der Waals surface area contributed by atoms with Crippen molar-refractivity contribution in [1.29, 1.82) is 5.26 Å². The first-order chi connectivity index (χ1) is 7.17. The third-order valence-corrected chi connectivity index (χ3v) is 2.04. The fourth-order valence-electron chi connectivity index (χ4n) is 1.29. The fraction of sp³-hybridized carbons (Fsp3) is 0.455. The number of esters is 1. The second-order valence-electron chi connectivity index (χ2n) is 3.42. The van der Waals surface area contributed by atoms with Gasteiger partial charge in [0.1, 0.15) is 11.8 Å². The van der Waals surface area contributed by atoms with Gasteiger partial charge in [-0.25, -0.2) is 4.79 Å². The van der Waals surface area contributed by atoms with Crippen LogP contribution in [0, 0.1) is 11.3 Å². The van der Waals surface area contributed by atoms with E-state index in [0.29, 0.717) is 11.3 Å². The van der Waals surface area contributed by atoms with E-state index in [1.54, 1.807) is 0 Å². The highest BCUT2D eigenvalue weighted by Crippen LogP contribution is 2.08. The summed E-state index contributed by atoms with van der Waals surface area (Å²) in [6.45, 7) is 3.90. The van der Waals surface area contributed by atoms with E-state index < -0.39 is 0 Å². The van der Waals surface area contributed by atoms with E-state index in [0.717, 1.165) is 12.8 Å². The molecule has 0 unspecified atom stereocenters.